The normalized spacial score (nSPS) is 17.1. The quantitative estimate of drug-likeness (QED) is 0.811. The first-order valence-corrected chi connectivity index (χ1v) is 7.21. The highest BCUT2D eigenvalue weighted by molar-refractivity contribution is 7.09. The molecule has 1 N–H and O–H groups in total. The summed E-state index contributed by atoms with van der Waals surface area (Å²) in [4.78, 5) is 6.73. The van der Waals surface area contributed by atoms with E-state index in [2.05, 4.69) is 55.4 Å². The van der Waals surface area contributed by atoms with Gasteiger partial charge in [0, 0.05) is 29.6 Å². The van der Waals surface area contributed by atoms with Crippen molar-refractivity contribution in [3.8, 4) is 0 Å². The second kappa shape index (κ2) is 6.47. The third kappa shape index (κ3) is 3.50. The predicted molar refractivity (Wildman–Crippen MR) is 75.7 cm³/mol. The Morgan fingerprint density at radius 2 is 2.18 bits per heavy atom. The molecule has 0 saturated heterocycles. The maximum atomic E-state index is 4.41. The summed E-state index contributed by atoms with van der Waals surface area (Å²) in [5, 5.41) is 6.89. The maximum absolute atomic E-state index is 4.41. The van der Waals surface area contributed by atoms with E-state index < -0.39 is 0 Å². The van der Waals surface area contributed by atoms with Gasteiger partial charge in [-0.15, -0.1) is 11.3 Å². The van der Waals surface area contributed by atoms with E-state index >= 15 is 0 Å². The van der Waals surface area contributed by atoms with Gasteiger partial charge in [-0.2, -0.15) is 0 Å². The second-order valence-electron chi connectivity index (χ2n) is 4.85. The lowest BCUT2D eigenvalue weighted by Crippen LogP contribution is -2.57. The number of aromatic nitrogens is 1. The zero-order chi connectivity index (χ0) is 12.9. The zero-order valence-corrected chi connectivity index (χ0v) is 12.5. The van der Waals surface area contributed by atoms with E-state index in [1.165, 1.54) is 5.01 Å². The van der Waals surface area contributed by atoms with Crippen LogP contribution in [0.4, 0.5) is 0 Å². The first-order chi connectivity index (χ1) is 8.04. The lowest BCUT2D eigenvalue weighted by atomic mass is 9.86. The summed E-state index contributed by atoms with van der Waals surface area (Å²) in [6, 6.07) is 0.443. The topological polar surface area (TPSA) is 28.2 Å². The van der Waals surface area contributed by atoms with Crippen molar-refractivity contribution in [3.05, 3.63) is 16.6 Å². The van der Waals surface area contributed by atoms with E-state index in [0.29, 0.717) is 6.04 Å². The Labute approximate surface area is 109 Å². The van der Waals surface area contributed by atoms with Gasteiger partial charge in [-0.05, 0) is 34.0 Å². The van der Waals surface area contributed by atoms with Gasteiger partial charge in [0.2, 0.25) is 0 Å². The number of thiazole rings is 1. The summed E-state index contributed by atoms with van der Waals surface area (Å²) in [5.41, 5.74) is 0.168. The van der Waals surface area contributed by atoms with E-state index in [0.717, 1.165) is 19.4 Å². The van der Waals surface area contributed by atoms with Crippen LogP contribution in [0.1, 0.15) is 32.2 Å². The maximum Gasteiger partial charge on any atom is 0.0941 e. The molecule has 1 rings (SSSR count). The fourth-order valence-corrected chi connectivity index (χ4v) is 2.82. The van der Waals surface area contributed by atoms with Gasteiger partial charge in [0.25, 0.3) is 0 Å². The fourth-order valence-electron chi connectivity index (χ4n) is 2.16. The molecule has 0 fully saturated rings. The highest BCUT2D eigenvalue weighted by Gasteiger charge is 2.34. The van der Waals surface area contributed by atoms with Gasteiger partial charge in [-0.1, -0.05) is 13.8 Å². The molecule has 3 nitrogen and oxygen atoms in total. The van der Waals surface area contributed by atoms with Gasteiger partial charge in [-0.25, -0.2) is 4.98 Å². The molecule has 2 atom stereocenters. The molecule has 1 aromatic rings. The summed E-state index contributed by atoms with van der Waals surface area (Å²) in [7, 11) is 4.32. The molecule has 0 spiro atoms. The number of nitrogens with zero attached hydrogens (tertiary/aromatic N) is 2. The molecule has 0 bridgehead atoms. The highest BCUT2D eigenvalue weighted by atomic mass is 32.1. The lowest BCUT2D eigenvalue weighted by Gasteiger charge is -2.43. The van der Waals surface area contributed by atoms with Crippen molar-refractivity contribution >= 4 is 11.3 Å². The number of hydrogen-bond donors (Lipinski definition) is 1. The molecule has 0 radical (unpaired) electrons. The van der Waals surface area contributed by atoms with E-state index in [1.807, 2.05) is 6.20 Å². The third-order valence-corrected chi connectivity index (χ3v) is 4.60. The monoisotopic (exact) mass is 255 g/mol. The van der Waals surface area contributed by atoms with Crippen LogP contribution in [0, 0.1) is 0 Å². The van der Waals surface area contributed by atoms with Crippen LogP contribution in [-0.4, -0.2) is 42.1 Å². The van der Waals surface area contributed by atoms with Crippen LogP contribution in [0.2, 0.25) is 0 Å². The van der Waals surface area contributed by atoms with Gasteiger partial charge in [0.1, 0.15) is 0 Å². The average Bonchev–Trinajstić information content (AvgIpc) is 2.80. The number of hydrogen-bond acceptors (Lipinski definition) is 4. The fraction of sp³-hybridized carbons (Fsp3) is 0.769. The van der Waals surface area contributed by atoms with Crippen LogP contribution >= 0.6 is 11.3 Å². The molecule has 98 valence electrons. The molecule has 0 aliphatic rings. The van der Waals surface area contributed by atoms with Gasteiger partial charge >= 0.3 is 0 Å². The van der Waals surface area contributed by atoms with Crippen LogP contribution < -0.4 is 5.32 Å². The standard InChI is InChI=1S/C13H25N3S/c1-6-13(3,16(4)5)11(14-7-2)10-12-15-8-9-17-12/h8-9,11,14H,6-7,10H2,1-5H3. The molecule has 17 heavy (non-hydrogen) atoms. The summed E-state index contributed by atoms with van der Waals surface area (Å²) in [6.07, 6.45) is 4.03. The van der Waals surface area contributed by atoms with Crippen LogP contribution in [0.15, 0.2) is 11.6 Å². The Morgan fingerprint density at radius 1 is 1.47 bits per heavy atom. The number of nitrogens with one attached hydrogen (secondary N) is 1. The minimum absolute atomic E-state index is 0.168. The Bertz CT molecular complexity index is 310. The molecule has 0 saturated carbocycles. The largest absolute Gasteiger partial charge is 0.312 e. The minimum Gasteiger partial charge on any atom is -0.312 e. The Kier molecular flexibility index (Phi) is 5.56. The lowest BCUT2D eigenvalue weighted by molar-refractivity contribution is 0.113. The summed E-state index contributed by atoms with van der Waals surface area (Å²) in [6.45, 7) is 7.75. The van der Waals surface area contributed by atoms with Crippen LogP contribution in [0.5, 0.6) is 0 Å². The summed E-state index contributed by atoms with van der Waals surface area (Å²) >= 11 is 1.75. The second-order valence-corrected chi connectivity index (χ2v) is 5.82. The van der Waals surface area contributed by atoms with Crippen molar-refractivity contribution in [3.63, 3.8) is 0 Å². The van der Waals surface area contributed by atoms with Crippen molar-refractivity contribution in [1.82, 2.24) is 15.2 Å². The molecule has 0 aliphatic carbocycles. The zero-order valence-electron chi connectivity index (χ0n) is 11.7. The van der Waals surface area contributed by atoms with Crippen molar-refractivity contribution in [2.45, 2.75) is 45.2 Å². The van der Waals surface area contributed by atoms with Crippen molar-refractivity contribution in [1.29, 1.82) is 0 Å². The first-order valence-electron chi connectivity index (χ1n) is 6.33. The van der Waals surface area contributed by atoms with Gasteiger partial charge in [0.05, 0.1) is 5.01 Å². The molecule has 0 aromatic carbocycles. The van der Waals surface area contributed by atoms with Crippen LogP contribution in [0.25, 0.3) is 0 Å². The minimum atomic E-state index is 0.168. The Balaban J connectivity index is 2.83. The smallest absolute Gasteiger partial charge is 0.0941 e. The van der Waals surface area contributed by atoms with Crippen LogP contribution in [-0.2, 0) is 6.42 Å². The van der Waals surface area contributed by atoms with E-state index in [4.69, 9.17) is 0 Å². The van der Waals surface area contributed by atoms with Crippen molar-refractivity contribution < 1.29 is 0 Å². The average molecular weight is 255 g/mol. The number of likely N-dealkylation sites (N-methyl/N-ethyl adjacent to an activating group) is 2. The van der Waals surface area contributed by atoms with Gasteiger partial charge in [0.15, 0.2) is 0 Å². The first kappa shape index (κ1) is 14.6. The Morgan fingerprint density at radius 3 is 2.59 bits per heavy atom. The third-order valence-electron chi connectivity index (χ3n) is 3.80. The molecule has 2 unspecified atom stereocenters. The predicted octanol–water partition coefficient (Wildman–Crippen LogP) is 2.39. The van der Waals surface area contributed by atoms with Crippen molar-refractivity contribution in [2.75, 3.05) is 20.6 Å². The van der Waals surface area contributed by atoms with Gasteiger partial charge < -0.3 is 10.2 Å². The molecule has 0 amide bonds. The molecular formula is C13H25N3S. The van der Waals surface area contributed by atoms with E-state index in [1.54, 1.807) is 11.3 Å². The van der Waals surface area contributed by atoms with E-state index in [-0.39, 0.29) is 5.54 Å². The SMILES string of the molecule is CCNC(Cc1nccs1)C(C)(CC)N(C)C. The summed E-state index contributed by atoms with van der Waals surface area (Å²) in [5.74, 6) is 0. The highest BCUT2D eigenvalue weighted by Crippen LogP contribution is 2.24. The van der Waals surface area contributed by atoms with E-state index in [9.17, 15) is 0 Å². The summed E-state index contributed by atoms with van der Waals surface area (Å²) < 4.78 is 0. The molecular weight excluding hydrogens is 230 g/mol. The van der Waals surface area contributed by atoms with Crippen LogP contribution in [0.3, 0.4) is 0 Å². The Hall–Kier alpha value is -0.450. The number of rotatable bonds is 7. The van der Waals surface area contributed by atoms with Crippen molar-refractivity contribution in [2.24, 2.45) is 0 Å². The molecule has 0 aliphatic heterocycles. The van der Waals surface area contributed by atoms with Gasteiger partial charge in [-0.3, -0.25) is 0 Å². The molecule has 1 heterocycles. The molecule has 1 aromatic heterocycles. The molecule has 4 heteroatoms.